The molecular weight excluding hydrogens is 228 g/mol. The van der Waals surface area contributed by atoms with Crippen LogP contribution < -0.4 is 0 Å². The Balaban J connectivity index is 1.69. The van der Waals surface area contributed by atoms with E-state index in [0.717, 1.165) is 43.4 Å². The van der Waals surface area contributed by atoms with Gasteiger partial charge in [-0.1, -0.05) is 6.07 Å². The first kappa shape index (κ1) is 11.7. The van der Waals surface area contributed by atoms with Crippen molar-refractivity contribution in [2.75, 3.05) is 6.61 Å². The average Bonchev–Trinajstić information content (AvgIpc) is 3.05. The molecule has 3 rings (SSSR count). The number of aliphatic hydroxyl groups excluding tert-OH is 1. The number of fused-ring (bicyclic) bond motifs is 1. The van der Waals surface area contributed by atoms with E-state index in [4.69, 9.17) is 4.74 Å². The van der Waals surface area contributed by atoms with Gasteiger partial charge >= 0.3 is 0 Å². The monoisotopic (exact) mass is 246 g/mol. The Morgan fingerprint density at radius 1 is 1.50 bits per heavy atom. The van der Waals surface area contributed by atoms with Gasteiger partial charge in [-0.05, 0) is 37.8 Å². The Hall–Kier alpha value is -1.39. The van der Waals surface area contributed by atoms with E-state index in [0.29, 0.717) is 6.10 Å². The molecule has 0 aromatic carbocycles. The van der Waals surface area contributed by atoms with Gasteiger partial charge in [0, 0.05) is 18.4 Å². The molecule has 1 N–H and O–H groups in total. The molecule has 0 aliphatic carbocycles. The molecule has 2 aromatic rings. The molecule has 0 amide bonds. The summed E-state index contributed by atoms with van der Waals surface area (Å²) in [5.41, 5.74) is 1.89. The maximum Gasteiger partial charge on any atom is 0.0827 e. The van der Waals surface area contributed by atoms with Crippen molar-refractivity contribution in [3.8, 4) is 0 Å². The second-order valence-corrected chi connectivity index (χ2v) is 4.86. The summed E-state index contributed by atoms with van der Waals surface area (Å²) in [4.78, 5) is 0. The summed E-state index contributed by atoms with van der Waals surface area (Å²) in [6.07, 6.45) is 7.47. The molecule has 0 radical (unpaired) electrons. The molecule has 1 aliphatic heterocycles. The van der Waals surface area contributed by atoms with Crippen LogP contribution in [0.25, 0.3) is 5.52 Å². The highest BCUT2D eigenvalue weighted by atomic mass is 16.5. The fraction of sp³-hybridized carbons (Fsp3) is 0.500. The lowest BCUT2D eigenvalue weighted by Crippen LogP contribution is -2.07. The number of aromatic nitrogens is 2. The molecule has 2 unspecified atom stereocenters. The maximum atomic E-state index is 10.3. The summed E-state index contributed by atoms with van der Waals surface area (Å²) in [6, 6.07) is 5.88. The summed E-state index contributed by atoms with van der Waals surface area (Å²) >= 11 is 0. The van der Waals surface area contributed by atoms with Gasteiger partial charge in [-0.25, -0.2) is 4.52 Å². The van der Waals surface area contributed by atoms with Crippen molar-refractivity contribution >= 4 is 5.52 Å². The first-order chi connectivity index (χ1) is 8.84. The standard InChI is InChI=1S/C14H18N2O2/c17-14(7-6-11-4-3-9-18-11)12-10-15-16-8-2-1-5-13(12)16/h1-2,5,8,10-11,14,17H,3-4,6-7,9H2. The second-order valence-electron chi connectivity index (χ2n) is 4.86. The van der Waals surface area contributed by atoms with E-state index in [1.54, 1.807) is 10.7 Å². The van der Waals surface area contributed by atoms with Crippen molar-refractivity contribution in [3.05, 3.63) is 36.2 Å². The molecule has 4 nitrogen and oxygen atoms in total. The van der Waals surface area contributed by atoms with E-state index in [2.05, 4.69) is 5.10 Å². The Kier molecular flexibility index (Phi) is 3.30. The molecule has 2 aromatic heterocycles. The molecule has 0 spiro atoms. The third kappa shape index (κ3) is 2.26. The normalized spacial score (nSPS) is 21.5. The third-order valence-electron chi connectivity index (χ3n) is 3.60. The highest BCUT2D eigenvalue weighted by Crippen LogP contribution is 2.26. The van der Waals surface area contributed by atoms with Gasteiger partial charge in [-0.15, -0.1) is 0 Å². The van der Waals surface area contributed by atoms with Crippen LogP contribution in [0.15, 0.2) is 30.6 Å². The molecule has 3 heterocycles. The summed E-state index contributed by atoms with van der Waals surface area (Å²) in [5, 5.41) is 14.5. The van der Waals surface area contributed by atoms with Crippen LogP contribution in [0.1, 0.15) is 37.4 Å². The highest BCUT2D eigenvalue weighted by Gasteiger charge is 2.19. The van der Waals surface area contributed by atoms with Crippen molar-refractivity contribution in [3.63, 3.8) is 0 Å². The summed E-state index contributed by atoms with van der Waals surface area (Å²) < 4.78 is 7.37. The lowest BCUT2D eigenvalue weighted by atomic mass is 10.0. The topological polar surface area (TPSA) is 46.8 Å². The summed E-state index contributed by atoms with van der Waals surface area (Å²) in [7, 11) is 0. The van der Waals surface area contributed by atoms with Crippen molar-refractivity contribution in [1.29, 1.82) is 0 Å². The van der Waals surface area contributed by atoms with Gasteiger partial charge in [-0.2, -0.15) is 5.10 Å². The lowest BCUT2D eigenvalue weighted by Gasteiger charge is -2.13. The predicted molar refractivity (Wildman–Crippen MR) is 68.4 cm³/mol. The molecule has 2 atom stereocenters. The largest absolute Gasteiger partial charge is 0.388 e. The van der Waals surface area contributed by atoms with Crippen LogP contribution in [0.3, 0.4) is 0 Å². The van der Waals surface area contributed by atoms with Crippen molar-refractivity contribution in [2.45, 2.75) is 37.9 Å². The minimum Gasteiger partial charge on any atom is -0.388 e. The molecule has 0 bridgehead atoms. The van der Waals surface area contributed by atoms with Crippen molar-refractivity contribution < 1.29 is 9.84 Å². The highest BCUT2D eigenvalue weighted by molar-refractivity contribution is 5.54. The van der Waals surface area contributed by atoms with E-state index in [1.165, 1.54) is 0 Å². The van der Waals surface area contributed by atoms with Crippen LogP contribution in [-0.2, 0) is 4.74 Å². The number of pyridine rings is 1. The molecule has 4 heteroatoms. The van der Waals surface area contributed by atoms with Gasteiger partial charge in [0.15, 0.2) is 0 Å². The molecule has 1 saturated heterocycles. The average molecular weight is 246 g/mol. The van der Waals surface area contributed by atoms with Gasteiger partial charge < -0.3 is 9.84 Å². The smallest absolute Gasteiger partial charge is 0.0827 e. The van der Waals surface area contributed by atoms with Crippen LogP contribution in [0, 0.1) is 0 Å². The zero-order chi connectivity index (χ0) is 12.4. The summed E-state index contributed by atoms with van der Waals surface area (Å²) in [5.74, 6) is 0. The fourth-order valence-electron chi connectivity index (χ4n) is 2.58. The van der Waals surface area contributed by atoms with Crippen LogP contribution in [0.4, 0.5) is 0 Å². The van der Waals surface area contributed by atoms with Crippen LogP contribution >= 0.6 is 0 Å². The van der Waals surface area contributed by atoms with Crippen molar-refractivity contribution in [2.24, 2.45) is 0 Å². The number of hydrogen-bond donors (Lipinski definition) is 1. The fourth-order valence-corrected chi connectivity index (χ4v) is 2.58. The van der Waals surface area contributed by atoms with Crippen molar-refractivity contribution in [1.82, 2.24) is 9.61 Å². The third-order valence-corrected chi connectivity index (χ3v) is 3.60. The molecule has 96 valence electrons. The Bertz CT molecular complexity index is 517. The van der Waals surface area contributed by atoms with Gasteiger partial charge in [0.2, 0.25) is 0 Å². The first-order valence-electron chi connectivity index (χ1n) is 6.56. The predicted octanol–water partition coefficient (Wildman–Crippen LogP) is 2.33. The van der Waals surface area contributed by atoms with E-state index < -0.39 is 6.10 Å². The number of nitrogens with zero attached hydrogens (tertiary/aromatic N) is 2. The summed E-state index contributed by atoms with van der Waals surface area (Å²) in [6.45, 7) is 0.872. The molecule has 0 saturated carbocycles. The van der Waals surface area contributed by atoms with E-state index in [1.807, 2.05) is 24.4 Å². The Morgan fingerprint density at radius 3 is 3.28 bits per heavy atom. The lowest BCUT2D eigenvalue weighted by molar-refractivity contribution is 0.0815. The van der Waals surface area contributed by atoms with E-state index in [-0.39, 0.29) is 0 Å². The minimum absolute atomic E-state index is 0.335. The number of hydrogen-bond acceptors (Lipinski definition) is 3. The van der Waals surface area contributed by atoms with Crippen LogP contribution in [0.2, 0.25) is 0 Å². The Labute approximate surface area is 106 Å². The van der Waals surface area contributed by atoms with Crippen LogP contribution in [-0.4, -0.2) is 27.4 Å². The molecular formula is C14H18N2O2. The van der Waals surface area contributed by atoms with Gasteiger partial charge in [-0.3, -0.25) is 0 Å². The van der Waals surface area contributed by atoms with Gasteiger partial charge in [0.05, 0.1) is 23.9 Å². The van der Waals surface area contributed by atoms with E-state index in [9.17, 15) is 5.11 Å². The molecule has 1 fully saturated rings. The molecule has 1 aliphatic rings. The van der Waals surface area contributed by atoms with Gasteiger partial charge in [0.25, 0.3) is 0 Å². The number of ether oxygens (including phenoxy) is 1. The maximum absolute atomic E-state index is 10.3. The number of aliphatic hydroxyl groups is 1. The first-order valence-corrected chi connectivity index (χ1v) is 6.56. The zero-order valence-corrected chi connectivity index (χ0v) is 10.3. The zero-order valence-electron chi connectivity index (χ0n) is 10.3. The quantitative estimate of drug-likeness (QED) is 0.900. The van der Waals surface area contributed by atoms with Gasteiger partial charge in [0.1, 0.15) is 0 Å². The SMILES string of the molecule is OC(CCC1CCCO1)c1cnn2ccccc12. The van der Waals surface area contributed by atoms with E-state index >= 15 is 0 Å². The minimum atomic E-state index is -0.450. The number of rotatable bonds is 4. The second kappa shape index (κ2) is 5.08. The van der Waals surface area contributed by atoms with Crippen LogP contribution in [0.5, 0.6) is 0 Å². The Morgan fingerprint density at radius 2 is 2.44 bits per heavy atom. The molecule has 18 heavy (non-hydrogen) atoms.